The highest BCUT2D eigenvalue weighted by Crippen LogP contribution is 2.15. The van der Waals surface area contributed by atoms with Crippen LogP contribution < -0.4 is 10.6 Å². The Morgan fingerprint density at radius 1 is 1.11 bits per heavy atom. The monoisotopic (exact) mass is 387 g/mol. The number of rotatable bonds is 2. The summed E-state index contributed by atoms with van der Waals surface area (Å²) in [6.45, 7) is 19.6. The van der Waals surface area contributed by atoms with Gasteiger partial charge in [-0.25, -0.2) is 4.79 Å². The van der Waals surface area contributed by atoms with Gasteiger partial charge in [0.25, 0.3) is 0 Å². The number of amides is 2. The average molecular weight is 388 g/mol. The standard InChI is InChI=1S/C11H20N2O3.C6H13N.2C2H6/c1-11(2,3)16-10(15)13-6-4-9(5-7-13)12-8-14;1-6-3-2-4-7-5-6;2*1-2/h8-9H,4-7H2,1-3H3,(H,12,14);6-7H,2-5H2,1H3;2*1-2H3. The van der Waals surface area contributed by atoms with Crippen LogP contribution in [0.15, 0.2) is 0 Å². The number of carbonyl (C=O) groups excluding carboxylic acids is 2. The van der Waals surface area contributed by atoms with Gasteiger partial charge < -0.3 is 20.3 Å². The molecule has 27 heavy (non-hydrogen) atoms. The summed E-state index contributed by atoms with van der Waals surface area (Å²) in [6, 6.07) is 0.191. The lowest BCUT2D eigenvalue weighted by atomic mass is 10.0. The second kappa shape index (κ2) is 16.8. The molecule has 0 aromatic rings. The van der Waals surface area contributed by atoms with Crippen molar-refractivity contribution < 1.29 is 14.3 Å². The number of carbonyl (C=O) groups is 2. The Labute approximate surface area is 167 Å². The summed E-state index contributed by atoms with van der Waals surface area (Å²) in [5.74, 6) is 0.925. The molecule has 162 valence electrons. The van der Waals surface area contributed by atoms with E-state index in [1.165, 1.54) is 25.9 Å². The first-order chi connectivity index (χ1) is 12.8. The molecule has 6 nitrogen and oxygen atoms in total. The topological polar surface area (TPSA) is 70.7 Å². The lowest BCUT2D eigenvalue weighted by molar-refractivity contribution is -0.110. The van der Waals surface area contributed by atoms with Crippen LogP contribution in [-0.4, -0.2) is 55.2 Å². The number of hydrogen-bond acceptors (Lipinski definition) is 4. The number of nitrogens with zero attached hydrogens (tertiary/aromatic N) is 1. The zero-order valence-electron chi connectivity index (χ0n) is 19.1. The van der Waals surface area contributed by atoms with E-state index in [1.807, 2.05) is 48.5 Å². The van der Waals surface area contributed by atoms with Crippen LogP contribution in [0.3, 0.4) is 0 Å². The van der Waals surface area contributed by atoms with Crippen molar-refractivity contribution in [3.05, 3.63) is 0 Å². The maximum absolute atomic E-state index is 11.7. The Balaban J connectivity index is 0. The summed E-state index contributed by atoms with van der Waals surface area (Å²) >= 11 is 0. The maximum atomic E-state index is 11.7. The maximum Gasteiger partial charge on any atom is 0.410 e. The molecule has 0 aromatic carbocycles. The Kier molecular flexibility index (Phi) is 17.4. The van der Waals surface area contributed by atoms with E-state index < -0.39 is 5.60 Å². The van der Waals surface area contributed by atoms with E-state index in [9.17, 15) is 9.59 Å². The van der Waals surface area contributed by atoms with E-state index in [0.29, 0.717) is 19.5 Å². The summed E-state index contributed by atoms with van der Waals surface area (Å²) in [5, 5.41) is 6.07. The van der Waals surface area contributed by atoms with Crippen molar-refractivity contribution in [1.29, 1.82) is 0 Å². The molecule has 6 heteroatoms. The van der Waals surface area contributed by atoms with Crippen molar-refractivity contribution in [2.75, 3.05) is 26.2 Å². The van der Waals surface area contributed by atoms with Crippen LogP contribution in [0.5, 0.6) is 0 Å². The molecular formula is C21H45N3O3. The van der Waals surface area contributed by atoms with Crippen LogP contribution in [-0.2, 0) is 9.53 Å². The first kappa shape index (κ1) is 27.9. The minimum Gasteiger partial charge on any atom is -0.444 e. The lowest BCUT2D eigenvalue weighted by Gasteiger charge is -2.33. The van der Waals surface area contributed by atoms with Crippen LogP contribution in [0.2, 0.25) is 0 Å². The minimum atomic E-state index is -0.449. The van der Waals surface area contributed by atoms with Gasteiger partial charge in [0.1, 0.15) is 5.60 Å². The third kappa shape index (κ3) is 15.5. The molecular weight excluding hydrogens is 342 g/mol. The zero-order valence-corrected chi connectivity index (χ0v) is 19.1. The minimum absolute atomic E-state index is 0.191. The SMILES string of the molecule is CC.CC.CC(C)(C)OC(=O)N1CCC(NC=O)CC1.CC1CCCNC1. The summed E-state index contributed by atoms with van der Waals surface area (Å²) in [4.78, 5) is 23.6. The first-order valence-electron chi connectivity index (χ1n) is 10.7. The number of likely N-dealkylation sites (tertiary alicyclic amines) is 1. The molecule has 2 N–H and O–H groups in total. The average Bonchev–Trinajstić information content (AvgIpc) is 2.66. The van der Waals surface area contributed by atoms with Crippen molar-refractivity contribution in [2.24, 2.45) is 5.92 Å². The fourth-order valence-electron chi connectivity index (χ4n) is 2.68. The van der Waals surface area contributed by atoms with Gasteiger partial charge in [0.2, 0.25) is 6.41 Å². The van der Waals surface area contributed by atoms with E-state index in [4.69, 9.17) is 4.74 Å². The van der Waals surface area contributed by atoms with Gasteiger partial charge in [-0.2, -0.15) is 0 Å². The van der Waals surface area contributed by atoms with Crippen molar-refractivity contribution in [1.82, 2.24) is 15.5 Å². The van der Waals surface area contributed by atoms with Crippen molar-refractivity contribution in [3.8, 4) is 0 Å². The van der Waals surface area contributed by atoms with Gasteiger partial charge in [-0.05, 0) is 65.5 Å². The largest absolute Gasteiger partial charge is 0.444 e. The van der Waals surface area contributed by atoms with E-state index in [1.54, 1.807) is 4.90 Å². The molecule has 2 aliphatic rings. The molecule has 1 atom stereocenters. The molecule has 2 amide bonds. The van der Waals surface area contributed by atoms with Gasteiger partial charge in [0.05, 0.1) is 0 Å². The number of piperidine rings is 2. The van der Waals surface area contributed by atoms with Gasteiger partial charge in [-0.15, -0.1) is 0 Å². The fraction of sp³-hybridized carbons (Fsp3) is 0.905. The molecule has 2 fully saturated rings. The third-order valence-corrected chi connectivity index (χ3v) is 3.99. The van der Waals surface area contributed by atoms with Gasteiger partial charge in [0, 0.05) is 19.1 Å². The molecule has 0 aromatic heterocycles. The van der Waals surface area contributed by atoms with Crippen LogP contribution in [0.4, 0.5) is 4.79 Å². The smallest absolute Gasteiger partial charge is 0.410 e. The molecule has 0 bridgehead atoms. The summed E-state index contributed by atoms with van der Waals surface area (Å²) in [5.41, 5.74) is -0.449. The number of nitrogens with one attached hydrogen (secondary N) is 2. The van der Waals surface area contributed by atoms with E-state index in [2.05, 4.69) is 17.6 Å². The molecule has 2 saturated heterocycles. The van der Waals surface area contributed by atoms with Crippen LogP contribution >= 0.6 is 0 Å². The molecule has 0 aliphatic carbocycles. The first-order valence-corrected chi connectivity index (χ1v) is 10.7. The lowest BCUT2D eigenvalue weighted by Crippen LogP contribution is -2.46. The summed E-state index contributed by atoms with van der Waals surface area (Å²) in [7, 11) is 0. The molecule has 2 heterocycles. The number of hydrogen-bond donors (Lipinski definition) is 2. The van der Waals surface area contributed by atoms with Gasteiger partial charge in [-0.1, -0.05) is 34.6 Å². The molecule has 2 aliphatic heterocycles. The molecule has 2 rings (SSSR count). The predicted molar refractivity (Wildman–Crippen MR) is 114 cm³/mol. The second-order valence-corrected chi connectivity index (χ2v) is 7.48. The summed E-state index contributed by atoms with van der Waals surface area (Å²) in [6.07, 6.45) is 4.83. The van der Waals surface area contributed by atoms with Gasteiger partial charge >= 0.3 is 6.09 Å². The molecule has 0 spiro atoms. The second-order valence-electron chi connectivity index (χ2n) is 7.48. The molecule has 0 saturated carbocycles. The third-order valence-electron chi connectivity index (χ3n) is 3.99. The van der Waals surface area contributed by atoms with Crippen molar-refractivity contribution >= 4 is 12.5 Å². The van der Waals surface area contributed by atoms with E-state index in [0.717, 1.165) is 18.8 Å². The quantitative estimate of drug-likeness (QED) is 0.697. The molecule has 1 unspecified atom stereocenters. The van der Waals surface area contributed by atoms with Gasteiger partial charge in [0.15, 0.2) is 0 Å². The predicted octanol–water partition coefficient (Wildman–Crippen LogP) is 4.19. The normalized spacial score (nSPS) is 19.7. The number of ether oxygens (including phenoxy) is 1. The van der Waals surface area contributed by atoms with Crippen molar-refractivity contribution in [2.45, 2.75) is 92.7 Å². The fourth-order valence-corrected chi connectivity index (χ4v) is 2.68. The van der Waals surface area contributed by atoms with Crippen LogP contribution in [0.1, 0.15) is 81.1 Å². The van der Waals surface area contributed by atoms with E-state index >= 15 is 0 Å². The van der Waals surface area contributed by atoms with E-state index in [-0.39, 0.29) is 12.1 Å². The van der Waals surface area contributed by atoms with Crippen molar-refractivity contribution in [3.63, 3.8) is 0 Å². The Morgan fingerprint density at radius 2 is 1.67 bits per heavy atom. The summed E-state index contributed by atoms with van der Waals surface area (Å²) < 4.78 is 5.27. The molecule has 0 radical (unpaired) electrons. The van der Waals surface area contributed by atoms with Crippen LogP contribution in [0.25, 0.3) is 0 Å². The Bertz CT molecular complexity index is 356. The Morgan fingerprint density at radius 3 is 2.00 bits per heavy atom. The highest BCUT2D eigenvalue weighted by Gasteiger charge is 2.26. The highest BCUT2D eigenvalue weighted by atomic mass is 16.6. The highest BCUT2D eigenvalue weighted by molar-refractivity contribution is 5.68. The van der Waals surface area contributed by atoms with Crippen LogP contribution in [0, 0.1) is 5.92 Å². The van der Waals surface area contributed by atoms with Gasteiger partial charge in [-0.3, -0.25) is 4.79 Å². The zero-order chi connectivity index (χ0) is 21.3. The Hall–Kier alpha value is -1.30.